The maximum Gasteiger partial charge on any atom is 0.306 e. The Labute approximate surface area is 283 Å². The van der Waals surface area contributed by atoms with Crippen LogP contribution in [0.15, 0.2) is 60.8 Å². The second-order valence-electron chi connectivity index (χ2n) is 12.3. The van der Waals surface area contributed by atoms with Gasteiger partial charge in [-0.25, -0.2) is 0 Å². The summed E-state index contributed by atoms with van der Waals surface area (Å²) in [6.45, 7) is 4.03. The van der Waals surface area contributed by atoms with Crippen molar-refractivity contribution < 1.29 is 24.2 Å². The molecule has 0 rings (SSSR count). The van der Waals surface area contributed by atoms with Crippen molar-refractivity contribution in [3.05, 3.63) is 60.8 Å². The van der Waals surface area contributed by atoms with E-state index in [1.807, 2.05) is 0 Å². The number of carbonyl (C=O) groups is 2. The minimum Gasteiger partial charge on any atom is -0.462 e. The van der Waals surface area contributed by atoms with E-state index >= 15 is 0 Å². The van der Waals surface area contributed by atoms with Crippen molar-refractivity contribution in [3.8, 4) is 0 Å². The van der Waals surface area contributed by atoms with E-state index in [4.69, 9.17) is 9.47 Å². The minimum absolute atomic E-state index is 0.0876. The van der Waals surface area contributed by atoms with Gasteiger partial charge in [0.1, 0.15) is 6.61 Å². The van der Waals surface area contributed by atoms with Gasteiger partial charge in [-0.2, -0.15) is 0 Å². The second kappa shape index (κ2) is 37.1. The van der Waals surface area contributed by atoms with E-state index in [1.165, 1.54) is 77.0 Å². The molecule has 0 radical (unpaired) electrons. The van der Waals surface area contributed by atoms with Crippen LogP contribution in [0.3, 0.4) is 0 Å². The third kappa shape index (κ3) is 34.5. The van der Waals surface area contributed by atoms with Gasteiger partial charge >= 0.3 is 11.9 Å². The summed E-state index contributed by atoms with van der Waals surface area (Å²) in [6, 6.07) is 0. The standard InChI is InChI=1S/C41H70O5/c1-3-5-7-9-11-13-15-17-19-20-22-23-25-27-29-31-33-35-40(43)45-38-39(37-42)46-41(44)36-34-32-30-28-26-24-21-18-16-14-12-10-8-6-4-2/h11-14,17-19,21,26,28,39,42H,3-10,15-16,20,22-25,27,29-38H2,1-2H3. The smallest absolute Gasteiger partial charge is 0.306 e. The van der Waals surface area contributed by atoms with Crippen molar-refractivity contribution in [2.75, 3.05) is 13.2 Å². The van der Waals surface area contributed by atoms with Crippen LogP contribution in [-0.4, -0.2) is 36.4 Å². The predicted octanol–water partition coefficient (Wildman–Crippen LogP) is 11.6. The fourth-order valence-corrected chi connectivity index (χ4v) is 4.88. The Morgan fingerprint density at radius 1 is 0.500 bits per heavy atom. The lowest BCUT2D eigenvalue weighted by Gasteiger charge is -2.15. The molecule has 0 aliphatic rings. The summed E-state index contributed by atoms with van der Waals surface area (Å²) in [5.41, 5.74) is 0. The number of hydrogen-bond acceptors (Lipinski definition) is 5. The molecule has 0 aromatic carbocycles. The third-order valence-corrected chi connectivity index (χ3v) is 7.78. The van der Waals surface area contributed by atoms with E-state index in [1.54, 1.807) is 0 Å². The minimum atomic E-state index is -0.795. The molecule has 5 heteroatoms. The third-order valence-electron chi connectivity index (χ3n) is 7.78. The van der Waals surface area contributed by atoms with Crippen LogP contribution < -0.4 is 0 Å². The highest BCUT2D eigenvalue weighted by Crippen LogP contribution is 2.11. The normalized spacial score (nSPS) is 12.8. The lowest BCUT2D eigenvalue weighted by Crippen LogP contribution is -2.28. The molecule has 0 aromatic heterocycles. The molecule has 264 valence electrons. The van der Waals surface area contributed by atoms with Crippen LogP contribution >= 0.6 is 0 Å². The lowest BCUT2D eigenvalue weighted by molar-refractivity contribution is -0.161. The first-order chi connectivity index (χ1) is 22.6. The van der Waals surface area contributed by atoms with Gasteiger partial charge in [-0.05, 0) is 83.5 Å². The van der Waals surface area contributed by atoms with Crippen LogP contribution in [0.5, 0.6) is 0 Å². The van der Waals surface area contributed by atoms with Gasteiger partial charge in [0.15, 0.2) is 6.10 Å². The van der Waals surface area contributed by atoms with Gasteiger partial charge < -0.3 is 14.6 Å². The molecule has 0 spiro atoms. The zero-order valence-corrected chi connectivity index (χ0v) is 29.8. The van der Waals surface area contributed by atoms with Crippen molar-refractivity contribution in [1.29, 1.82) is 0 Å². The SMILES string of the molecule is CCCCCC=CCC=CCC=CCCCCC(=O)OC(CO)COC(=O)CCCCCCCCCC=CCC=CCCCCC. The number of esters is 2. The fourth-order valence-electron chi connectivity index (χ4n) is 4.88. The molecule has 46 heavy (non-hydrogen) atoms. The Hall–Kier alpha value is -2.40. The number of hydrogen-bond donors (Lipinski definition) is 1. The summed E-state index contributed by atoms with van der Waals surface area (Å²) in [6.07, 6.45) is 47.0. The molecule has 1 N–H and O–H groups in total. The van der Waals surface area contributed by atoms with Crippen LogP contribution in [0.25, 0.3) is 0 Å². The molecule has 0 aliphatic carbocycles. The van der Waals surface area contributed by atoms with Crippen molar-refractivity contribution in [2.24, 2.45) is 0 Å². The number of aliphatic hydroxyl groups is 1. The van der Waals surface area contributed by atoms with Gasteiger partial charge in [0.05, 0.1) is 6.61 Å². The Morgan fingerprint density at radius 3 is 1.35 bits per heavy atom. The van der Waals surface area contributed by atoms with Crippen LogP contribution in [0.4, 0.5) is 0 Å². The average molecular weight is 643 g/mol. The first-order valence-electron chi connectivity index (χ1n) is 18.8. The fraction of sp³-hybridized carbons (Fsp3) is 0.707. The zero-order valence-electron chi connectivity index (χ0n) is 29.8. The molecular formula is C41H70O5. The van der Waals surface area contributed by atoms with Gasteiger partial charge in [-0.1, -0.05) is 132 Å². The maximum absolute atomic E-state index is 12.1. The summed E-state index contributed by atoms with van der Waals surface area (Å²) < 4.78 is 10.6. The molecule has 0 fully saturated rings. The highest BCUT2D eigenvalue weighted by Gasteiger charge is 2.16. The van der Waals surface area contributed by atoms with Gasteiger partial charge in [-0.3, -0.25) is 9.59 Å². The number of unbranched alkanes of at least 4 members (excludes halogenated alkanes) is 15. The van der Waals surface area contributed by atoms with E-state index in [9.17, 15) is 14.7 Å². The maximum atomic E-state index is 12.1. The number of carbonyl (C=O) groups excluding carboxylic acids is 2. The van der Waals surface area contributed by atoms with Gasteiger partial charge in [0.2, 0.25) is 0 Å². The largest absolute Gasteiger partial charge is 0.462 e. The van der Waals surface area contributed by atoms with Crippen LogP contribution in [0.1, 0.15) is 168 Å². The van der Waals surface area contributed by atoms with Gasteiger partial charge in [-0.15, -0.1) is 0 Å². The van der Waals surface area contributed by atoms with Crippen LogP contribution in [0, 0.1) is 0 Å². The lowest BCUT2D eigenvalue weighted by atomic mass is 10.1. The van der Waals surface area contributed by atoms with E-state index in [-0.39, 0.29) is 25.2 Å². The van der Waals surface area contributed by atoms with Gasteiger partial charge in [0, 0.05) is 12.8 Å². The highest BCUT2D eigenvalue weighted by molar-refractivity contribution is 5.70. The van der Waals surface area contributed by atoms with Crippen molar-refractivity contribution in [3.63, 3.8) is 0 Å². The second-order valence-corrected chi connectivity index (χ2v) is 12.3. The summed E-state index contributed by atoms with van der Waals surface area (Å²) >= 11 is 0. The highest BCUT2D eigenvalue weighted by atomic mass is 16.6. The molecule has 1 atom stereocenters. The molecule has 0 aromatic rings. The molecule has 5 nitrogen and oxygen atoms in total. The van der Waals surface area contributed by atoms with Crippen molar-refractivity contribution >= 4 is 11.9 Å². The van der Waals surface area contributed by atoms with Crippen LogP contribution in [-0.2, 0) is 19.1 Å². The molecule has 1 unspecified atom stereocenters. The molecule has 0 saturated heterocycles. The summed E-state index contributed by atoms with van der Waals surface area (Å²) in [5.74, 6) is -0.649. The van der Waals surface area contributed by atoms with E-state index in [2.05, 4.69) is 74.6 Å². The van der Waals surface area contributed by atoms with Crippen molar-refractivity contribution in [2.45, 2.75) is 174 Å². The number of ether oxygens (including phenoxy) is 2. The Kier molecular flexibility index (Phi) is 35.1. The predicted molar refractivity (Wildman–Crippen MR) is 196 cm³/mol. The Balaban J connectivity index is 3.66. The molecule has 0 aliphatic heterocycles. The monoisotopic (exact) mass is 643 g/mol. The van der Waals surface area contributed by atoms with Crippen molar-refractivity contribution in [1.82, 2.24) is 0 Å². The van der Waals surface area contributed by atoms with E-state index in [0.29, 0.717) is 12.8 Å². The van der Waals surface area contributed by atoms with E-state index in [0.717, 1.165) is 64.2 Å². The van der Waals surface area contributed by atoms with Crippen LogP contribution in [0.2, 0.25) is 0 Å². The summed E-state index contributed by atoms with van der Waals surface area (Å²) in [5, 5.41) is 9.53. The Bertz CT molecular complexity index is 823. The van der Waals surface area contributed by atoms with Gasteiger partial charge in [0.25, 0.3) is 0 Å². The topological polar surface area (TPSA) is 72.8 Å². The zero-order chi connectivity index (χ0) is 33.6. The molecule has 0 saturated carbocycles. The summed E-state index contributed by atoms with van der Waals surface area (Å²) in [7, 11) is 0. The number of rotatable bonds is 33. The summed E-state index contributed by atoms with van der Waals surface area (Å²) in [4.78, 5) is 24.2. The first-order valence-corrected chi connectivity index (χ1v) is 18.8. The number of aliphatic hydroxyl groups excluding tert-OH is 1. The first kappa shape index (κ1) is 43.6. The molecule has 0 heterocycles. The van der Waals surface area contributed by atoms with E-state index < -0.39 is 6.10 Å². The number of allylic oxidation sites excluding steroid dienone is 10. The molecular weight excluding hydrogens is 572 g/mol. The molecule has 0 amide bonds. The quantitative estimate of drug-likeness (QED) is 0.0438. The average Bonchev–Trinajstić information content (AvgIpc) is 3.06. The molecule has 0 bridgehead atoms. The Morgan fingerprint density at radius 2 is 0.870 bits per heavy atom.